The molecule has 0 unspecified atom stereocenters. The molecular formula is C13H18FN3O. The van der Waals surface area contributed by atoms with Gasteiger partial charge in [-0.25, -0.2) is 4.39 Å². The van der Waals surface area contributed by atoms with Crippen LogP contribution >= 0.6 is 0 Å². The predicted octanol–water partition coefficient (Wildman–Crippen LogP) is 1.66. The topological polar surface area (TPSA) is 45.7 Å². The monoisotopic (exact) mass is 251 g/mol. The molecule has 18 heavy (non-hydrogen) atoms. The van der Waals surface area contributed by atoms with E-state index in [0.717, 1.165) is 11.5 Å². The van der Waals surface area contributed by atoms with Crippen LogP contribution in [0.5, 0.6) is 5.75 Å². The Balaban J connectivity index is 1.93. The van der Waals surface area contributed by atoms with E-state index in [1.807, 2.05) is 0 Å². The zero-order valence-electron chi connectivity index (χ0n) is 10.7. The minimum absolute atomic E-state index is 0.295. The summed E-state index contributed by atoms with van der Waals surface area (Å²) in [5.74, 6) is 0.981. The van der Waals surface area contributed by atoms with E-state index in [-0.39, 0.29) is 5.82 Å². The molecule has 0 atom stereocenters. The number of nitrogens with one attached hydrogen (secondary N) is 2. The third-order valence-corrected chi connectivity index (χ3v) is 2.77. The van der Waals surface area contributed by atoms with E-state index in [1.165, 1.54) is 32.1 Å². The molecule has 0 bridgehead atoms. The van der Waals surface area contributed by atoms with Crippen molar-refractivity contribution in [2.24, 2.45) is 4.99 Å². The average molecular weight is 251 g/mol. The Bertz CT molecular complexity index is 444. The predicted molar refractivity (Wildman–Crippen MR) is 69.3 cm³/mol. The molecule has 0 heterocycles. The van der Waals surface area contributed by atoms with Crippen molar-refractivity contribution in [2.45, 2.75) is 25.4 Å². The number of methoxy groups -OCH3 is 1. The van der Waals surface area contributed by atoms with Crippen molar-refractivity contribution in [1.82, 2.24) is 10.6 Å². The maximum Gasteiger partial charge on any atom is 0.191 e. The van der Waals surface area contributed by atoms with Crippen molar-refractivity contribution in [2.75, 3.05) is 14.2 Å². The molecule has 1 aliphatic rings. The average Bonchev–Trinajstić information content (AvgIpc) is 3.17. The van der Waals surface area contributed by atoms with Gasteiger partial charge < -0.3 is 15.4 Å². The van der Waals surface area contributed by atoms with Crippen LogP contribution in [0.1, 0.15) is 18.4 Å². The zero-order chi connectivity index (χ0) is 13.0. The summed E-state index contributed by atoms with van der Waals surface area (Å²) in [7, 11) is 3.25. The fourth-order valence-electron chi connectivity index (χ4n) is 1.64. The van der Waals surface area contributed by atoms with Crippen LogP contribution in [-0.4, -0.2) is 26.2 Å². The zero-order valence-corrected chi connectivity index (χ0v) is 10.7. The molecule has 1 fully saturated rings. The molecule has 98 valence electrons. The van der Waals surface area contributed by atoms with Crippen LogP contribution in [0.25, 0.3) is 0 Å². The number of nitrogens with zero attached hydrogens (tertiary/aromatic N) is 1. The van der Waals surface area contributed by atoms with E-state index in [2.05, 4.69) is 15.6 Å². The van der Waals surface area contributed by atoms with Crippen LogP contribution in [0, 0.1) is 5.82 Å². The van der Waals surface area contributed by atoms with Gasteiger partial charge in [0, 0.05) is 25.7 Å². The Kier molecular flexibility index (Phi) is 4.02. The van der Waals surface area contributed by atoms with Gasteiger partial charge >= 0.3 is 0 Å². The van der Waals surface area contributed by atoms with Crippen LogP contribution < -0.4 is 15.4 Å². The largest absolute Gasteiger partial charge is 0.497 e. The lowest BCUT2D eigenvalue weighted by molar-refractivity contribution is 0.410. The number of guanidine groups is 1. The summed E-state index contributed by atoms with van der Waals surface area (Å²) in [5, 5.41) is 6.42. The number of halogens is 1. The molecule has 0 spiro atoms. The van der Waals surface area contributed by atoms with E-state index in [0.29, 0.717) is 18.3 Å². The van der Waals surface area contributed by atoms with E-state index >= 15 is 0 Å². The lowest BCUT2D eigenvalue weighted by Gasteiger charge is -2.11. The molecule has 1 aliphatic carbocycles. The molecule has 2 rings (SSSR count). The van der Waals surface area contributed by atoms with Crippen LogP contribution in [-0.2, 0) is 6.54 Å². The fourth-order valence-corrected chi connectivity index (χ4v) is 1.64. The molecule has 0 saturated heterocycles. The van der Waals surface area contributed by atoms with Crippen molar-refractivity contribution >= 4 is 5.96 Å². The van der Waals surface area contributed by atoms with Crippen molar-refractivity contribution < 1.29 is 9.13 Å². The summed E-state index contributed by atoms with van der Waals surface area (Å²) in [5.41, 5.74) is 0.825. The lowest BCUT2D eigenvalue weighted by atomic mass is 10.2. The molecular weight excluding hydrogens is 233 g/mol. The molecule has 1 aromatic carbocycles. The summed E-state index contributed by atoms with van der Waals surface area (Å²) in [6.45, 7) is 0.514. The molecule has 0 aliphatic heterocycles. The first-order chi connectivity index (χ1) is 8.71. The minimum Gasteiger partial charge on any atom is -0.497 e. The third-order valence-electron chi connectivity index (χ3n) is 2.77. The highest BCUT2D eigenvalue weighted by Gasteiger charge is 2.21. The molecule has 5 heteroatoms. The van der Waals surface area contributed by atoms with Gasteiger partial charge in [0.15, 0.2) is 5.96 Å². The Hall–Kier alpha value is -1.78. The molecule has 0 amide bonds. The summed E-state index contributed by atoms with van der Waals surface area (Å²) in [4.78, 5) is 4.12. The van der Waals surface area contributed by atoms with Gasteiger partial charge in [0.25, 0.3) is 0 Å². The molecule has 0 aromatic heterocycles. The molecule has 2 N–H and O–H groups in total. The van der Waals surface area contributed by atoms with E-state index < -0.39 is 0 Å². The highest BCUT2D eigenvalue weighted by Crippen LogP contribution is 2.18. The van der Waals surface area contributed by atoms with Gasteiger partial charge in [0.1, 0.15) is 11.6 Å². The SMILES string of the molecule is CN=C(NCc1cc(F)cc(OC)c1)NC1CC1. The quantitative estimate of drug-likeness (QED) is 0.632. The van der Waals surface area contributed by atoms with Crippen LogP contribution in [0.15, 0.2) is 23.2 Å². The van der Waals surface area contributed by atoms with Crippen LogP contribution in [0.2, 0.25) is 0 Å². The van der Waals surface area contributed by atoms with E-state index in [9.17, 15) is 4.39 Å². The van der Waals surface area contributed by atoms with Crippen LogP contribution in [0.4, 0.5) is 4.39 Å². The number of aliphatic imine (C=N–C) groups is 1. The number of rotatable bonds is 4. The minimum atomic E-state index is -0.295. The first-order valence-corrected chi connectivity index (χ1v) is 6.02. The fraction of sp³-hybridized carbons (Fsp3) is 0.462. The van der Waals surface area contributed by atoms with Crippen LogP contribution in [0.3, 0.4) is 0 Å². The maximum absolute atomic E-state index is 13.3. The summed E-state index contributed by atoms with van der Waals surface area (Å²) in [6.07, 6.45) is 2.38. The second-order valence-electron chi connectivity index (χ2n) is 4.34. The van der Waals surface area contributed by atoms with Gasteiger partial charge in [0.05, 0.1) is 7.11 Å². The lowest BCUT2D eigenvalue weighted by Crippen LogP contribution is -2.38. The highest BCUT2D eigenvalue weighted by molar-refractivity contribution is 5.80. The number of benzene rings is 1. The normalized spacial score (nSPS) is 15.4. The highest BCUT2D eigenvalue weighted by atomic mass is 19.1. The smallest absolute Gasteiger partial charge is 0.191 e. The van der Waals surface area contributed by atoms with E-state index in [1.54, 1.807) is 13.1 Å². The summed E-state index contributed by atoms with van der Waals surface area (Å²) < 4.78 is 18.3. The molecule has 1 saturated carbocycles. The summed E-state index contributed by atoms with van der Waals surface area (Å²) in [6, 6.07) is 5.19. The molecule has 1 aromatic rings. The van der Waals surface area contributed by atoms with Gasteiger partial charge in [-0.1, -0.05) is 0 Å². The number of hydrogen-bond donors (Lipinski definition) is 2. The van der Waals surface area contributed by atoms with Crippen molar-refractivity contribution in [3.8, 4) is 5.75 Å². The Morgan fingerprint density at radius 2 is 2.22 bits per heavy atom. The van der Waals surface area contributed by atoms with Gasteiger partial charge in [0.2, 0.25) is 0 Å². The van der Waals surface area contributed by atoms with Gasteiger partial charge in [-0.15, -0.1) is 0 Å². The number of ether oxygens (including phenoxy) is 1. The van der Waals surface area contributed by atoms with Gasteiger partial charge in [-0.3, -0.25) is 4.99 Å². The Morgan fingerprint density at radius 3 is 2.83 bits per heavy atom. The van der Waals surface area contributed by atoms with Crippen molar-refractivity contribution in [1.29, 1.82) is 0 Å². The molecule has 4 nitrogen and oxygen atoms in total. The standard InChI is InChI=1S/C13H18FN3O/c1-15-13(17-11-3-4-11)16-8-9-5-10(14)7-12(6-9)18-2/h5-7,11H,3-4,8H2,1-2H3,(H2,15,16,17). The molecule has 0 radical (unpaired) electrons. The first kappa shape index (κ1) is 12.7. The van der Waals surface area contributed by atoms with Crippen molar-refractivity contribution in [3.05, 3.63) is 29.6 Å². The van der Waals surface area contributed by atoms with Gasteiger partial charge in [-0.05, 0) is 30.5 Å². The van der Waals surface area contributed by atoms with E-state index in [4.69, 9.17) is 4.74 Å². The number of hydrogen-bond acceptors (Lipinski definition) is 2. The summed E-state index contributed by atoms with van der Waals surface area (Å²) >= 11 is 0. The first-order valence-electron chi connectivity index (χ1n) is 6.02. The second-order valence-corrected chi connectivity index (χ2v) is 4.34. The Labute approximate surface area is 106 Å². The Morgan fingerprint density at radius 1 is 1.44 bits per heavy atom. The second kappa shape index (κ2) is 5.71. The van der Waals surface area contributed by atoms with Crippen molar-refractivity contribution in [3.63, 3.8) is 0 Å². The maximum atomic E-state index is 13.3. The third kappa shape index (κ3) is 3.61. The van der Waals surface area contributed by atoms with Gasteiger partial charge in [-0.2, -0.15) is 0 Å².